The summed E-state index contributed by atoms with van der Waals surface area (Å²) in [6.07, 6.45) is 2.59. The second-order valence-electron chi connectivity index (χ2n) is 6.39. The molecule has 3 rings (SSSR count). The van der Waals surface area contributed by atoms with Gasteiger partial charge in [-0.2, -0.15) is 4.68 Å². The zero-order valence-corrected chi connectivity index (χ0v) is 15.7. The first-order valence-electron chi connectivity index (χ1n) is 8.97. The maximum atomic E-state index is 12.2. The molecule has 0 spiro atoms. The Kier molecular flexibility index (Phi) is 5.93. The largest absolute Gasteiger partial charge is 0.352 e. The first-order valence-corrected chi connectivity index (χ1v) is 9.35. The summed E-state index contributed by atoms with van der Waals surface area (Å²) in [5.74, 6) is 0.964. The zero-order valence-electron chi connectivity index (χ0n) is 14.9. The molecule has 0 bridgehead atoms. The van der Waals surface area contributed by atoms with Crippen LogP contribution in [0.15, 0.2) is 41.2 Å². The van der Waals surface area contributed by atoms with Crippen LogP contribution in [0.1, 0.15) is 26.2 Å². The Morgan fingerprint density at radius 1 is 1.08 bits per heavy atom. The van der Waals surface area contributed by atoms with E-state index in [1.807, 2.05) is 4.90 Å². The molecule has 0 atom stereocenters. The summed E-state index contributed by atoms with van der Waals surface area (Å²) in [4.78, 5) is 28.3. The molecule has 2 aromatic rings. The molecular formula is C19H23ClN4O2. The second-order valence-corrected chi connectivity index (χ2v) is 6.83. The Morgan fingerprint density at radius 3 is 2.42 bits per heavy atom. The highest BCUT2D eigenvalue weighted by Crippen LogP contribution is 2.16. The van der Waals surface area contributed by atoms with Crippen LogP contribution in [0.5, 0.6) is 0 Å². The number of amides is 1. The van der Waals surface area contributed by atoms with Crippen molar-refractivity contribution in [3.63, 3.8) is 0 Å². The number of halogens is 1. The van der Waals surface area contributed by atoms with Crippen molar-refractivity contribution in [3.05, 3.63) is 51.8 Å². The minimum Gasteiger partial charge on any atom is -0.352 e. The molecule has 1 amide bonds. The van der Waals surface area contributed by atoms with Crippen LogP contribution in [0.2, 0.25) is 5.02 Å². The average Bonchev–Trinajstić information content (AvgIpc) is 2.67. The third-order valence-corrected chi connectivity index (χ3v) is 4.81. The van der Waals surface area contributed by atoms with E-state index in [-0.39, 0.29) is 11.5 Å². The molecule has 1 fully saturated rings. The molecule has 1 aromatic heterocycles. The van der Waals surface area contributed by atoms with Crippen LogP contribution in [-0.2, 0) is 4.79 Å². The molecular weight excluding hydrogens is 352 g/mol. The highest BCUT2D eigenvalue weighted by molar-refractivity contribution is 6.30. The smallest absolute Gasteiger partial charge is 0.271 e. The number of rotatable bonds is 5. The Morgan fingerprint density at radius 2 is 1.77 bits per heavy atom. The van der Waals surface area contributed by atoms with Gasteiger partial charge in [0.15, 0.2) is 0 Å². The molecule has 7 heteroatoms. The van der Waals surface area contributed by atoms with Gasteiger partial charge in [-0.25, -0.2) is 0 Å². The molecule has 138 valence electrons. The van der Waals surface area contributed by atoms with Crippen LogP contribution < -0.4 is 10.5 Å². The monoisotopic (exact) mass is 374 g/mol. The van der Waals surface area contributed by atoms with Crippen LogP contribution in [0.4, 0.5) is 5.82 Å². The minimum absolute atomic E-state index is 0.190. The number of hydrogen-bond acceptors (Lipinski definition) is 4. The Hall–Kier alpha value is -2.34. The number of carbonyl (C=O) groups is 1. The molecule has 1 saturated heterocycles. The fraction of sp³-hybridized carbons (Fsp3) is 0.421. The number of anilines is 1. The van der Waals surface area contributed by atoms with E-state index >= 15 is 0 Å². The molecule has 0 radical (unpaired) electrons. The number of piperazine rings is 1. The normalized spacial score (nSPS) is 14.5. The van der Waals surface area contributed by atoms with Gasteiger partial charge in [0.1, 0.15) is 5.82 Å². The molecule has 2 heterocycles. The predicted molar refractivity (Wildman–Crippen MR) is 103 cm³/mol. The second kappa shape index (κ2) is 8.36. The number of aromatic nitrogens is 2. The lowest BCUT2D eigenvalue weighted by molar-refractivity contribution is -0.131. The molecule has 1 aliphatic heterocycles. The molecule has 26 heavy (non-hydrogen) atoms. The SMILES string of the molecule is CCCCC(=O)N1CCN(c2ccc(=O)n(-c3ccc(Cl)cc3)n2)CC1. The Balaban J connectivity index is 1.71. The third-order valence-electron chi connectivity index (χ3n) is 4.56. The molecule has 0 saturated carbocycles. The summed E-state index contributed by atoms with van der Waals surface area (Å²) >= 11 is 5.91. The van der Waals surface area contributed by atoms with Gasteiger partial charge in [-0.05, 0) is 36.8 Å². The van der Waals surface area contributed by atoms with Gasteiger partial charge in [0, 0.05) is 43.7 Å². The number of benzene rings is 1. The van der Waals surface area contributed by atoms with Gasteiger partial charge in [0.2, 0.25) is 5.91 Å². The first-order chi connectivity index (χ1) is 12.6. The van der Waals surface area contributed by atoms with E-state index in [2.05, 4.69) is 16.9 Å². The Bertz CT molecular complexity index is 811. The summed E-state index contributed by atoms with van der Waals surface area (Å²) in [5.41, 5.74) is 0.485. The topological polar surface area (TPSA) is 58.4 Å². The first kappa shape index (κ1) is 18.5. The van der Waals surface area contributed by atoms with E-state index in [9.17, 15) is 9.59 Å². The fourth-order valence-electron chi connectivity index (χ4n) is 3.01. The molecule has 0 unspecified atom stereocenters. The van der Waals surface area contributed by atoms with E-state index in [0.29, 0.717) is 43.3 Å². The average molecular weight is 375 g/mol. The molecule has 0 N–H and O–H groups in total. The van der Waals surface area contributed by atoms with E-state index in [4.69, 9.17) is 11.6 Å². The van der Waals surface area contributed by atoms with Crippen molar-refractivity contribution in [2.24, 2.45) is 0 Å². The summed E-state index contributed by atoms with van der Waals surface area (Å²) in [5, 5.41) is 5.11. The molecule has 6 nitrogen and oxygen atoms in total. The highest BCUT2D eigenvalue weighted by atomic mass is 35.5. The van der Waals surface area contributed by atoms with Crippen LogP contribution >= 0.6 is 11.6 Å². The summed E-state index contributed by atoms with van der Waals surface area (Å²) < 4.78 is 1.38. The van der Waals surface area contributed by atoms with Crippen molar-refractivity contribution >= 4 is 23.3 Å². The van der Waals surface area contributed by atoms with Crippen LogP contribution in [0, 0.1) is 0 Å². The van der Waals surface area contributed by atoms with Gasteiger partial charge in [-0.15, -0.1) is 5.10 Å². The standard InChI is InChI=1S/C19H23ClN4O2/c1-2-3-4-18(25)23-13-11-22(12-14-23)17-9-10-19(26)24(21-17)16-7-5-15(20)6-8-16/h5-10H,2-4,11-14H2,1H3. The van der Waals surface area contributed by atoms with Crippen LogP contribution in [0.25, 0.3) is 5.69 Å². The number of carbonyl (C=O) groups excluding carboxylic acids is 1. The molecule has 0 aliphatic carbocycles. The van der Waals surface area contributed by atoms with Gasteiger partial charge in [0.05, 0.1) is 5.69 Å². The fourth-order valence-corrected chi connectivity index (χ4v) is 3.13. The molecule has 1 aliphatic rings. The van der Waals surface area contributed by atoms with E-state index in [1.54, 1.807) is 30.3 Å². The third kappa shape index (κ3) is 4.25. The van der Waals surface area contributed by atoms with Crippen LogP contribution in [0.3, 0.4) is 0 Å². The van der Waals surface area contributed by atoms with Gasteiger partial charge in [-0.3, -0.25) is 9.59 Å². The predicted octanol–water partition coefficient (Wildman–Crippen LogP) is 2.72. The lowest BCUT2D eigenvalue weighted by Gasteiger charge is -2.35. The van der Waals surface area contributed by atoms with Crippen molar-refractivity contribution in [1.29, 1.82) is 0 Å². The van der Waals surface area contributed by atoms with Gasteiger partial charge >= 0.3 is 0 Å². The number of unbranched alkanes of at least 4 members (excludes halogenated alkanes) is 1. The van der Waals surface area contributed by atoms with Crippen molar-refractivity contribution < 1.29 is 4.79 Å². The zero-order chi connectivity index (χ0) is 18.5. The van der Waals surface area contributed by atoms with Crippen molar-refractivity contribution in [2.75, 3.05) is 31.1 Å². The van der Waals surface area contributed by atoms with Crippen molar-refractivity contribution in [3.8, 4) is 5.69 Å². The quantitative estimate of drug-likeness (QED) is 0.807. The van der Waals surface area contributed by atoms with Gasteiger partial charge in [0.25, 0.3) is 5.56 Å². The minimum atomic E-state index is -0.190. The van der Waals surface area contributed by atoms with E-state index in [0.717, 1.165) is 18.7 Å². The van der Waals surface area contributed by atoms with Gasteiger partial charge < -0.3 is 9.80 Å². The summed E-state index contributed by atoms with van der Waals surface area (Å²) in [6.45, 7) is 4.88. The highest BCUT2D eigenvalue weighted by Gasteiger charge is 2.22. The van der Waals surface area contributed by atoms with Crippen molar-refractivity contribution in [2.45, 2.75) is 26.2 Å². The Labute approximate surface area is 158 Å². The van der Waals surface area contributed by atoms with E-state index < -0.39 is 0 Å². The summed E-state index contributed by atoms with van der Waals surface area (Å²) in [6, 6.07) is 10.3. The van der Waals surface area contributed by atoms with Gasteiger partial charge in [-0.1, -0.05) is 24.9 Å². The lowest BCUT2D eigenvalue weighted by atomic mass is 10.2. The van der Waals surface area contributed by atoms with Crippen LogP contribution in [-0.4, -0.2) is 46.8 Å². The van der Waals surface area contributed by atoms with E-state index in [1.165, 1.54) is 10.7 Å². The number of hydrogen-bond donors (Lipinski definition) is 0. The maximum absolute atomic E-state index is 12.2. The lowest BCUT2D eigenvalue weighted by Crippen LogP contribution is -2.49. The van der Waals surface area contributed by atoms with Crippen molar-refractivity contribution in [1.82, 2.24) is 14.7 Å². The maximum Gasteiger partial charge on any atom is 0.271 e. The number of nitrogens with zero attached hydrogens (tertiary/aromatic N) is 4. The molecule has 1 aromatic carbocycles. The summed E-state index contributed by atoms with van der Waals surface area (Å²) in [7, 11) is 0.